The molecule has 0 spiro atoms. The molecular weight excluding hydrogens is 356 g/mol. The van der Waals surface area contributed by atoms with Crippen molar-refractivity contribution in [3.8, 4) is 0 Å². The molecule has 0 aromatic heterocycles. The Hall–Kier alpha value is -0.843. The topological polar surface area (TPSA) is 52.6 Å². The molecule has 0 N–H and O–H groups in total. The van der Waals surface area contributed by atoms with E-state index in [-0.39, 0.29) is 11.9 Å². The van der Waals surface area contributed by atoms with Crippen LogP contribution in [0.1, 0.15) is 117 Å². The van der Waals surface area contributed by atoms with Gasteiger partial charge in [-0.05, 0) is 12.8 Å². The van der Waals surface area contributed by atoms with Gasteiger partial charge in [-0.3, -0.25) is 9.59 Å². The average Bonchev–Trinajstić information content (AvgIpc) is 2.59. The van der Waals surface area contributed by atoms with Crippen molar-refractivity contribution in [1.82, 2.24) is 0 Å². The van der Waals surface area contributed by atoms with Gasteiger partial charge >= 0.3 is 8.56 Å². The van der Waals surface area contributed by atoms with Gasteiger partial charge in [-0.15, -0.1) is 0 Å². The van der Waals surface area contributed by atoms with Crippen LogP contribution < -0.4 is 0 Å². The summed E-state index contributed by atoms with van der Waals surface area (Å²) in [6, 6.07) is 0. The van der Waals surface area contributed by atoms with E-state index in [2.05, 4.69) is 13.8 Å². The van der Waals surface area contributed by atoms with Crippen molar-refractivity contribution in [2.45, 2.75) is 130 Å². The summed E-state index contributed by atoms with van der Waals surface area (Å²) in [5.74, 6) is -0.437. The molecule has 0 aromatic carbocycles. The Morgan fingerprint density at radius 3 is 1.19 bits per heavy atom. The van der Waals surface area contributed by atoms with Crippen molar-refractivity contribution in [2.75, 3.05) is 0 Å². The second kappa shape index (κ2) is 17.3. The highest BCUT2D eigenvalue weighted by atomic mass is 28.4. The van der Waals surface area contributed by atoms with Gasteiger partial charge in [-0.1, -0.05) is 90.9 Å². The van der Waals surface area contributed by atoms with Crippen LogP contribution in [0.4, 0.5) is 0 Å². The summed E-state index contributed by atoms with van der Waals surface area (Å²) in [4.78, 5) is 24.0. The molecule has 0 saturated carbocycles. The minimum atomic E-state index is -2.70. The largest absolute Gasteiger partial charge is 0.485 e. The molecule has 0 aliphatic rings. The molecule has 0 amide bonds. The van der Waals surface area contributed by atoms with Gasteiger partial charge in [0.25, 0.3) is 11.9 Å². The first-order valence-corrected chi connectivity index (χ1v) is 14.2. The number of hydrogen-bond donors (Lipinski definition) is 0. The van der Waals surface area contributed by atoms with Crippen molar-refractivity contribution in [3.05, 3.63) is 0 Å². The molecule has 0 aliphatic heterocycles. The lowest BCUT2D eigenvalue weighted by Gasteiger charge is -2.22. The third-order valence-electron chi connectivity index (χ3n) is 4.69. The van der Waals surface area contributed by atoms with E-state index < -0.39 is 8.56 Å². The summed E-state index contributed by atoms with van der Waals surface area (Å²) in [5.41, 5.74) is 0. The normalized spacial score (nSPS) is 11.4. The highest BCUT2D eigenvalue weighted by Gasteiger charge is 2.33. The van der Waals surface area contributed by atoms with Crippen LogP contribution >= 0.6 is 0 Å². The summed E-state index contributed by atoms with van der Waals surface area (Å²) in [6.45, 7) is 7.98. The second-order valence-corrected chi connectivity index (χ2v) is 11.3. The fourth-order valence-electron chi connectivity index (χ4n) is 3.12. The van der Waals surface area contributed by atoms with E-state index in [9.17, 15) is 9.59 Å². The van der Waals surface area contributed by atoms with Crippen molar-refractivity contribution in [3.63, 3.8) is 0 Å². The predicted molar refractivity (Wildman–Crippen MR) is 115 cm³/mol. The van der Waals surface area contributed by atoms with Crippen LogP contribution in [0.15, 0.2) is 0 Å². The Morgan fingerprint density at radius 2 is 0.852 bits per heavy atom. The maximum Gasteiger partial charge on any atom is 0.457 e. The van der Waals surface area contributed by atoms with Crippen LogP contribution in [-0.2, 0) is 18.4 Å². The zero-order valence-corrected chi connectivity index (χ0v) is 19.4. The maximum atomic E-state index is 12.0. The summed E-state index contributed by atoms with van der Waals surface area (Å²) in [5, 5.41) is 0. The van der Waals surface area contributed by atoms with E-state index in [1.165, 1.54) is 64.2 Å². The maximum absolute atomic E-state index is 12.0. The monoisotopic (exact) mass is 400 g/mol. The standard InChI is InChI=1S/C22H44O4Si/c1-5-7-9-11-13-15-17-19-21(23)25-27(3,4)26-22(24)20-18-16-14-12-10-8-6-2/h5-20H2,1-4H3. The zero-order valence-electron chi connectivity index (χ0n) is 18.4. The Kier molecular flexibility index (Phi) is 16.7. The molecule has 0 bridgehead atoms. The smallest absolute Gasteiger partial charge is 0.457 e. The first-order chi connectivity index (χ1) is 12.9. The van der Waals surface area contributed by atoms with Gasteiger partial charge in [-0.25, -0.2) is 0 Å². The lowest BCUT2D eigenvalue weighted by molar-refractivity contribution is -0.141. The zero-order chi connectivity index (χ0) is 20.4. The molecule has 0 unspecified atom stereocenters. The minimum Gasteiger partial charge on any atom is -0.485 e. The summed E-state index contributed by atoms with van der Waals surface area (Å²) < 4.78 is 11.0. The van der Waals surface area contributed by atoms with E-state index in [0.717, 1.165) is 25.7 Å². The van der Waals surface area contributed by atoms with Crippen LogP contribution in [0.2, 0.25) is 13.1 Å². The third kappa shape index (κ3) is 18.3. The minimum absolute atomic E-state index is 0.219. The fraction of sp³-hybridized carbons (Fsp3) is 0.909. The first kappa shape index (κ1) is 26.2. The summed E-state index contributed by atoms with van der Waals surface area (Å²) >= 11 is 0. The van der Waals surface area contributed by atoms with Crippen molar-refractivity contribution < 1.29 is 18.4 Å². The van der Waals surface area contributed by atoms with Crippen LogP contribution in [0.5, 0.6) is 0 Å². The van der Waals surface area contributed by atoms with Gasteiger partial charge in [0.05, 0.1) is 0 Å². The highest BCUT2D eigenvalue weighted by molar-refractivity contribution is 6.67. The van der Waals surface area contributed by atoms with Gasteiger partial charge in [0.15, 0.2) is 0 Å². The average molecular weight is 401 g/mol. The van der Waals surface area contributed by atoms with Gasteiger partial charge in [0, 0.05) is 25.9 Å². The van der Waals surface area contributed by atoms with E-state index in [1.807, 2.05) is 0 Å². The molecule has 4 nitrogen and oxygen atoms in total. The summed E-state index contributed by atoms with van der Waals surface area (Å²) in [6.07, 6.45) is 17.3. The lowest BCUT2D eigenvalue weighted by Crippen LogP contribution is -2.39. The Bertz CT molecular complexity index is 349. The molecule has 0 atom stereocenters. The second-order valence-electron chi connectivity index (χ2n) is 8.09. The van der Waals surface area contributed by atoms with Crippen LogP contribution in [-0.4, -0.2) is 20.5 Å². The molecule has 0 fully saturated rings. The van der Waals surface area contributed by atoms with E-state index in [1.54, 1.807) is 13.1 Å². The molecule has 0 aliphatic carbocycles. The summed E-state index contributed by atoms with van der Waals surface area (Å²) in [7, 11) is -2.70. The van der Waals surface area contributed by atoms with Gasteiger partial charge in [0.1, 0.15) is 0 Å². The number of unbranched alkanes of at least 4 members (excludes halogenated alkanes) is 12. The van der Waals surface area contributed by atoms with Crippen LogP contribution in [0.25, 0.3) is 0 Å². The number of hydrogen-bond acceptors (Lipinski definition) is 4. The first-order valence-electron chi connectivity index (χ1n) is 11.3. The Labute approximate surface area is 169 Å². The molecule has 27 heavy (non-hydrogen) atoms. The fourth-order valence-corrected chi connectivity index (χ4v) is 4.47. The lowest BCUT2D eigenvalue weighted by atomic mass is 10.1. The highest BCUT2D eigenvalue weighted by Crippen LogP contribution is 2.14. The van der Waals surface area contributed by atoms with Crippen molar-refractivity contribution in [1.29, 1.82) is 0 Å². The molecule has 0 rings (SSSR count). The van der Waals surface area contributed by atoms with E-state index in [0.29, 0.717) is 12.8 Å². The van der Waals surface area contributed by atoms with Gasteiger partial charge in [-0.2, -0.15) is 0 Å². The van der Waals surface area contributed by atoms with Crippen LogP contribution in [0.3, 0.4) is 0 Å². The molecule has 0 saturated heterocycles. The number of carbonyl (C=O) groups excluding carboxylic acids is 2. The molecular formula is C22H44O4Si. The van der Waals surface area contributed by atoms with Crippen molar-refractivity contribution in [2.24, 2.45) is 0 Å². The van der Waals surface area contributed by atoms with Gasteiger partial charge < -0.3 is 8.85 Å². The Balaban J connectivity index is 3.74. The number of carbonyl (C=O) groups is 2. The van der Waals surface area contributed by atoms with E-state index in [4.69, 9.17) is 8.85 Å². The number of rotatable bonds is 18. The Morgan fingerprint density at radius 1 is 0.556 bits per heavy atom. The van der Waals surface area contributed by atoms with Gasteiger partial charge in [0.2, 0.25) is 0 Å². The quantitative estimate of drug-likeness (QED) is 0.182. The van der Waals surface area contributed by atoms with E-state index >= 15 is 0 Å². The predicted octanol–water partition coefficient (Wildman–Crippen LogP) is 7.06. The molecule has 0 radical (unpaired) electrons. The van der Waals surface area contributed by atoms with Crippen LogP contribution in [0, 0.1) is 0 Å². The SMILES string of the molecule is CCCCCCCCCC(=O)O[Si](C)(C)OC(=O)CCCCCCCCC. The third-order valence-corrected chi connectivity index (χ3v) is 6.13. The molecule has 5 heteroatoms. The molecule has 0 heterocycles. The molecule has 0 aromatic rings. The van der Waals surface area contributed by atoms with Crippen molar-refractivity contribution >= 4 is 20.5 Å². The molecule has 160 valence electrons.